The van der Waals surface area contributed by atoms with Crippen molar-refractivity contribution in [2.75, 3.05) is 0 Å². The fourth-order valence-electron chi connectivity index (χ4n) is 0.526. The Morgan fingerprint density at radius 2 is 2.00 bits per heavy atom. The van der Waals surface area contributed by atoms with E-state index in [9.17, 15) is 4.79 Å². The van der Waals surface area contributed by atoms with Gasteiger partial charge in [-0.25, -0.2) is 0 Å². The Hall–Kier alpha value is 0.260. The molecule has 9 heavy (non-hydrogen) atoms. The summed E-state index contributed by atoms with van der Waals surface area (Å²) in [6.07, 6.45) is 3.28. The van der Waals surface area contributed by atoms with Crippen molar-refractivity contribution in [1.29, 1.82) is 0 Å². The Bertz CT molecular complexity index is 73.5. The van der Waals surface area contributed by atoms with E-state index in [0.717, 1.165) is 19.3 Å². The van der Waals surface area contributed by atoms with Gasteiger partial charge in [0.2, 0.25) is 0 Å². The molecule has 0 aromatic rings. The third kappa shape index (κ3) is 11.7. The van der Waals surface area contributed by atoms with Crippen LogP contribution in [0.1, 0.15) is 32.6 Å². The summed E-state index contributed by atoms with van der Waals surface area (Å²) < 4.78 is 0. The van der Waals surface area contributed by atoms with Crippen molar-refractivity contribution in [1.82, 2.24) is 0 Å². The normalized spacial score (nSPS) is 8.11. The molecule has 0 aliphatic rings. The SMILES string of the molecule is CCCCCC(=O)O.[Te]. The van der Waals surface area contributed by atoms with Crippen molar-refractivity contribution in [3.8, 4) is 0 Å². The van der Waals surface area contributed by atoms with E-state index in [4.69, 9.17) is 5.11 Å². The molecule has 0 atom stereocenters. The smallest absolute Gasteiger partial charge is 0.303 e. The van der Waals surface area contributed by atoms with Crippen molar-refractivity contribution in [3.05, 3.63) is 0 Å². The second-order valence-electron chi connectivity index (χ2n) is 1.85. The van der Waals surface area contributed by atoms with Crippen molar-refractivity contribution in [2.45, 2.75) is 32.6 Å². The van der Waals surface area contributed by atoms with Crippen LogP contribution in [-0.2, 0) is 4.79 Å². The van der Waals surface area contributed by atoms with E-state index < -0.39 is 5.97 Å². The summed E-state index contributed by atoms with van der Waals surface area (Å²) in [6.45, 7) is 2.06. The second-order valence-corrected chi connectivity index (χ2v) is 1.85. The van der Waals surface area contributed by atoms with E-state index >= 15 is 0 Å². The van der Waals surface area contributed by atoms with E-state index in [1.807, 2.05) is 0 Å². The van der Waals surface area contributed by atoms with Gasteiger partial charge in [0, 0.05) is 30.1 Å². The fourth-order valence-corrected chi connectivity index (χ4v) is 0.526. The Kier molecular flexibility index (Phi) is 11.0. The van der Waals surface area contributed by atoms with Gasteiger partial charge in [-0.05, 0) is 6.42 Å². The fraction of sp³-hybridized carbons (Fsp3) is 0.833. The molecule has 0 bridgehead atoms. The summed E-state index contributed by atoms with van der Waals surface area (Å²) in [7, 11) is 0. The summed E-state index contributed by atoms with van der Waals surface area (Å²) in [6, 6.07) is 0. The van der Waals surface area contributed by atoms with Crippen LogP contribution in [0.25, 0.3) is 0 Å². The molecule has 0 amide bonds. The minimum atomic E-state index is -0.682. The van der Waals surface area contributed by atoms with Gasteiger partial charge >= 0.3 is 5.97 Å². The van der Waals surface area contributed by atoms with Crippen LogP contribution in [0.4, 0.5) is 0 Å². The first-order valence-electron chi connectivity index (χ1n) is 2.99. The van der Waals surface area contributed by atoms with Crippen LogP contribution in [0.3, 0.4) is 0 Å². The molecule has 0 aliphatic heterocycles. The maximum Gasteiger partial charge on any atom is 0.303 e. The summed E-state index contributed by atoms with van der Waals surface area (Å²) in [5.41, 5.74) is 0. The van der Waals surface area contributed by atoms with Gasteiger partial charge in [-0.2, -0.15) is 0 Å². The van der Waals surface area contributed by atoms with E-state index in [1.54, 1.807) is 0 Å². The molecule has 3 heteroatoms. The molecular weight excluding hydrogens is 232 g/mol. The average Bonchev–Trinajstić information content (AvgIpc) is 1.66. The van der Waals surface area contributed by atoms with Gasteiger partial charge in [-0.15, -0.1) is 0 Å². The number of carboxylic acid groups (broad SMARTS) is 1. The molecule has 2 radical (unpaired) electrons. The molecule has 0 aliphatic carbocycles. The Balaban J connectivity index is 0. The van der Waals surface area contributed by atoms with Gasteiger partial charge in [0.1, 0.15) is 0 Å². The zero-order chi connectivity index (χ0) is 6.41. The van der Waals surface area contributed by atoms with E-state index in [2.05, 4.69) is 6.92 Å². The Morgan fingerprint density at radius 3 is 2.33 bits per heavy atom. The number of hydrogen-bond acceptors (Lipinski definition) is 1. The monoisotopic (exact) mass is 246 g/mol. The van der Waals surface area contributed by atoms with Crippen molar-refractivity contribution in [2.24, 2.45) is 0 Å². The molecule has 0 unspecified atom stereocenters. The molecule has 2 nitrogen and oxygen atoms in total. The van der Waals surface area contributed by atoms with Crippen LogP contribution in [0.2, 0.25) is 0 Å². The molecule has 0 heterocycles. The van der Waals surface area contributed by atoms with Gasteiger partial charge in [0.05, 0.1) is 0 Å². The zero-order valence-corrected chi connectivity index (χ0v) is 7.92. The van der Waals surface area contributed by atoms with E-state index in [-0.39, 0.29) is 23.7 Å². The number of carbonyl (C=O) groups is 1. The van der Waals surface area contributed by atoms with Crippen molar-refractivity contribution >= 4 is 29.6 Å². The van der Waals surface area contributed by atoms with Gasteiger partial charge in [-0.3, -0.25) is 4.79 Å². The molecule has 0 saturated heterocycles. The number of aliphatic carboxylic acids is 1. The molecular formula is C6H12O2Te. The predicted octanol–water partition coefficient (Wildman–Crippen LogP) is 1.27. The molecule has 0 aromatic heterocycles. The second kappa shape index (κ2) is 8.26. The maximum absolute atomic E-state index is 9.87. The van der Waals surface area contributed by atoms with Crippen molar-refractivity contribution in [3.63, 3.8) is 0 Å². The summed E-state index contributed by atoms with van der Waals surface area (Å²) in [4.78, 5) is 9.87. The van der Waals surface area contributed by atoms with Gasteiger partial charge in [0.15, 0.2) is 0 Å². The van der Waals surface area contributed by atoms with Gasteiger partial charge in [-0.1, -0.05) is 19.8 Å². The quantitative estimate of drug-likeness (QED) is 0.597. The largest absolute Gasteiger partial charge is 0.481 e. The summed E-state index contributed by atoms with van der Waals surface area (Å²) in [5.74, 6) is -0.682. The molecule has 54 valence electrons. The standard InChI is InChI=1S/C6H12O2.Te/c1-2-3-4-5-6(7)8;/h2-5H2,1H3,(H,7,8);. The Labute approximate surface area is 72.4 Å². The summed E-state index contributed by atoms with van der Waals surface area (Å²) in [5, 5.41) is 8.14. The number of rotatable bonds is 4. The van der Waals surface area contributed by atoms with Crippen LogP contribution in [0, 0.1) is 0 Å². The Morgan fingerprint density at radius 1 is 1.44 bits per heavy atom. The summed E-state index contributed by atoms with van der Waals surface area (Å²) >= 11 is 0. The van der Waals surface area contributed by atoms with Gasteiger partial charge in [0.25, 0.3) is 0 Å². The third-order valence-corrected chi connectivity index (χ3v) is 0.994. The topological polar surface area (TPSA) is 37.3 Å². The average molecular weight is 244 g/mol. The van der Waals surface area contributed by atoms with Crippen LogP contribution < -0.4 is 0 Å². The number of unbranched alkanes of at least 4 members (excludes halogenated alkanes) is 2. The first-order chi connectivity index (χ1) is 3.77. The molecule has 0 spiro atoms. The van der Waals surface area contributed by atoms with Crippen LogP contribution in [0.5, 0.6) is 0 Å². The minimum absolute atomic E-state index is 0. The number of carboxylic acids is 1. The van der Waals surface area contributed by atoms with Crippen LogP contribution >= 0.6 is 0 Å². The first-order valence-corrected chi connectivity index (χ1v) is 2.99. The zero-order valence-electron chi connectivity index (χ0n) is 5.59. The first kappa shape index (κ1) is 12.0. The molecule has 0 fully saturated rings. The van der Waals surface area contributed by atoms with E-state index in [0.29, 0.717) is 6.42 Å². The molecule has 0 rings (SSSR count). The van der Waals surface area contributed by atoms with Crippen LogP contribution in [0.15, 0.2) is 0 Å². The predicted molar refractivity (Wildman–Crippen MR) is 37.5 cm³/mol. The molecule has 0 aromatic carbocycles. The van der Waals surface area contributed by atoms with Crippen molar-refractivity contribution < 1.29 is 9.90 Å². The molecule has 1 N–H and O–H groups in total. The maximum atomic E-state index is 9.87. The van der Waals surface area contributed by atoms with E-state index in [1.165, 1.54) is 0 Å². The molecule has 0 saturated carbocycles. The minimum Gasteiger partial charge on any atom is -0.481 e. The van der Waals surface area contributed by atoms with Crippen LogP contribution in [-0.4, -0.2) is 34.7 Å². The number of hydrogen-bond donors (Lipinski definition) is 1. The van der Waals surface area contributed by atoms with Gasteiger partial charge < -0.3 is 5.11 Å². The third-order valence-electron chi connectivity index (χ3n) is 0.994.